The first kappa shape index (κ1) is 28.1. The van der Waals surface area contributed by atoms with Gasteiger partial charge in [-0.3, -0.25) is 10.3 Å². The summed E-state index contributed by atoms with van der Waals surface area (Å²) in [4.78, 5) is 14.3. The number of allylic oxidation sites excluding steroid dienone is 2. The number of aromatic nitrogens is 1. The number of hydrogen-bond acceptors (Lipinski definition) is 10. The summed E-state index contributed by atoms with van der Waals surface area (Å²) in [6.07, 6.45) is 5.92. The van der Waals surface area contributed by atoms with Crippen molar-refractivity contribution in [2.24, 2.45) is 12.8 Å². The molecule has 42 heavy (non-hydrogen) atoms. The largest absolute Gasteiger partial charge is 0.443 e. The van der Waals surface area contributed by atoms with E-state index in [0.29, 0.717) is 36.8 Å². The minimum Gasteiger partial charge on any atom is -0.406 e. The first-order chi connectivity index (χ1) is 20.0. The number of nitrogens with zero attached hydrogens (tertiary/aromatic N) is 3. The molecule has 12 nitrogen and oxygen atoms in total. The number of thiazole rings is 1. The molecule has 0 saturated carbocycles. The molecule has 4 atom stereocenters. The number of aryl methyl sites for hydroxylation is 1. The molecule has 220 valence electrons. The smallest absolute Gasteiger partial charge is 0.406 e. The number of hydrogen-bond donors (Lipinski definition) is 3. The number of carbonyl (C=O) groups is 1. The molecule has 5 heterocycles. The number of benzene rings is 2. The SMILES string of the molecule is CC(=Cc1sc2ccc(SOOO)cc2[n+]1C)C=C1Oc2ccc(S(=O)(=O)O)cc2[N+]12CCCCC21C(=O)[N+]12CC2N. The molecule has 4 aliphatic rings. The van der Waals surface area contributed by atoms with Gasteiger partial charge in [0.25, 0.3) is 15.1 Å². The molecule has 1 amide bonds. The summed E-state index contributed by atoms with van der Waals surface area (Å²) in [6.45, 7) is 3.04. The fraction of sp³-hybridized carbons (Fsp3) is 0.333. The third-order valence-electron chi connectivity index (χ3n) is 9.05. The van der Waals surface area contributed by atoms with Crippen molar-refractivity contribution in [3.05, 3.63) is 58.9 Å². The van der Waals surface area contributed by atoms with Crippen molar-refractivity contribution in [1.29, 1.82) is 0 Å². The molecule has 1 aromatic heterocycles. The first-order valence-corrected chi connectivity index (χ1v) is 16.3. The van der Waals surface area contributed by atoms with Crippen LogP contribution in [0.25, 0.3) is 16.3 Å². The van der Waals surface area contributed by atoms with Crippen LogP contribution in [0.15, 0.2) is 63.7 Å². The van der Waals surface area contributed by atoms with Gasteiger partial charge in [0.05, 0.1) is 25.0 Å². The average Bonchev–Trinajstić information content (AvgIpc) is 3.66. The molecule has 7 rings (SSSR count). The van der Waals surface area contributed by atoms with Gasteiger partial charge in [-0.05, 0) is 49.6 Å². The lowest BCUT2D eigenvalue weighted by molar-refractivity contribution is -0.684. The topological polar surface area (TPSA) is 149 Å². The van der Waals surface area contributed by atoms with Gasteiger partial charge in [-0.2, -0.15) is 22.0 Å². The highest BCUT2D eigenvalue weighted by atomic mass is 32.2. The molecular weight excluding hydrogens is 605 g/mol. The van der Waals surface area contributed by atoms with Crippen LogP contribution in [0.5, 0.6) is 5.75 Å². The van der Waals surface area contributed by atoms with Gasteiger partial charge in [-0.15, -0.1) is 4.33 Å². The Morgan fingerprint density at radius 3 is 2.76 bits per heavy atom. The van der Waals surface area contributed by atoms with E-state index in [0.717, 1.165) is 50.6 Å². The van der Waals surface area contributed by atoms with Gasteiger partial charge in [0.1, 0.15) is 16.6 Å². The van der Waals surface area contributed by atoms with Crippen LogP contribution in [0.3, 0.4) is 0 Å². The fourth-order valence-corrected chi connectivity index (χ4v) is 9.15. The maximum atomic E-state index is 13.8. The maximum absolute atomic E-state index is 13.8. The van der Waals surface area contributed by atoms with E-state index in [-0.39, 0.29) is 25.9 Å². The van der Waals surface area contributed by atoms with Crippen LogP contribution in [0.1, 0.15) is 31.2 Å². The van der Waals surface area contributed by atoms with Crippen LogP contribution in [0.4, 0.5) is 5.69 Å². The summed E-state index contributed by atoms with van der Waals surface area (Å²) in [5.74, 6) is 1.05. The van der Waals surface area contributed by atoms with Crippen LogP contribution in [0.2, 0.25) is 0 Å². The van der Waals surface area contributed by atoms with E-state index in [1.807, 2.05) is 48.9 Å². The van der Waals surface area contributed by atoms with Crippen molar-refractivity contribution >= 4 is 61.4 Å². The lowest BCUT2D eigenvalue weighted by atomic mass is 9.96. The molecule has 0 aliphatic carbocycles. The van der Waals surface area contributed by atoms with Crippen molar-refractivity contribution in [2.75, 3.05) is 13.1 Å². The number of piperidine rings is 1. The zero-order chi connectivity index (χ0) is 29.7. The van der Waals surface area contributed by atoms with Gasteiger partial charge in [0, 0.05) is 29.2 Å². The Morgan fingerprint density at radius 2 is 2.07 bits per heavy atom. The number of rotatable bonds is 6. The van der Waals surface area contributed by atoms with Gasteiger partial charge < -0.3 is 4.74 Å². The van der Waals surface area contributed by atoms with Gasteiger partial charge in [-0.25, -0.2) is 10.1 Å². The fourth-order valence-electron chi connectivity index (χ4n) is 7.12. The quantitative estimate of drug-likeness (QED) is 0.0700. The first-order valence-electron chi connectivity index (χ1n) is 13.3. The minimum atomic E-state index is -4.48. The summed E-state index contributed by atoms with van der Waals surface area (Å²) >= 11 is 2.49. The highest BCUT2D eigenvalue weighted by Crippen LogP contribution is 2.69. The monoisotopic (exact) mass is 633 g/mol. The number of nitrogens with two attached hydrogens (primary N) is 1. The second-order valence-corrected chi connectivity index (χ2v) is 14.4. The zero-order valence-electron chi connectivity index (χ0n) is 22.7. The predicted octanol–water partition coefficient (Wildman–Crippen LogP) is 3.58. The van der Waals surface area contributed by atoms with Crippen molar-refractivity contribution in [3.8, 4) is 5.75 Å². The lowest BCUT2D eigenvalue weighted by Crippen LogP contribution is -2.63. The van der Waals surface area contributed by atoms with E-state index in [2.05, 4.69) is 9.37 Å². The maximum Gasteiger partial charge on any atom is 0.443 e. The third-order valence-corrected chi connectivity index (χ3v) is 11.6. The molecule has 3 aromatic rings. The summed E-state index contributed by atoms with van der Waals surface area (Å²) in [5.41, 5.74) is 7.87. The van der Waals surface area contributed by atoms with E-state index in [9.17, 15) is 17.8 Å². The van der Waals surface area contributed by atoms with Gasteiger partial charge in [-0.1, -0.05) is 16.4 Å². The third kappa shape index (κ3) is 3.70. The van der Waals surface area contributed by atoms with Crippen molar-refractivity contribution < 1.29 is 46.2 Å². The minimum absolute atomic E-state index is 0.0511. The highest BCUT2D eigenvalue weighted by molar-refractivity contribution is 7.94. The molecule has 4 N–H and O–H groups in total. The van der Waals surface area contributed by atoms with Gasteiger partial charge in [0.15, 0.2) is 18.0 Å². The highest BCUT2D eigenvalue weighted by Gasteiger charge is 3.02. The van der Waals surface area contributed by atoms with Crippen LogP contribution in [0, 0.1) is 0 Å². The van der Waals surface area contributed by atoms with Crippen LogP contribution in [-0.4, -0.2) is 53.5 Å². The number of fused-ring (bicyclic) bond motifs is 5. The molecule has 3 fully saturated rings. The Balaban J connectivity index is 1.35. The number of carbonyl (C=O) groups excluding carboxylic acids is 1. The normalized spacial score (nSPS) is 31.0. The van der Waals surface area contributed by atoms with Gasteiger partial charge >= 0.3 is 17.5 Å². The zero-order valence-corrected chi connectivity index (χ0v) is 25.2. The van der Waals surface area contributed by atoms with Crippen molar-refractivity contribution in [2.45, 2.75) is 47.8 Å². The summed E-state index contributed by atoms with van der Waals surface area (Å²) in [7, 11) is -2.53. The Bertz CT molecular complexity index is 1860. The van der Waals surface area contributed by atoms with E-state index in [4.69, 9.17) is 15.7 Å². The summed E-state index contributed by atoms with van der Waals surface area (Å²) in [6, 6.07) is 10.1. The van der Waals surface area contributed by atoms with E-state index >= 15 is 0 Å². The van der Waals surface area contributed by atoms with Crippen LogP contribution in [-0.2, 0) is 31.3 Å². The summed E-state index contributed by atoms with van der Waals surface area (Å²) in [5, 5.41) is 13.1. The average molecular weight is 634 g/mol. The number of quaternary nitrogens is 2. The van der Waals surface area contributed by atoms with E-state index in [1.165, 1.54) is 12.1 Å². The molecule has 0 radical (unpaired) electrons. The second-order valence-electron chi connectivity index (χ2n) is 11.2. The van der Waals surface area contributed by atoms with Crippen LogP contribution < -0.4 is 19.5 Å². The molecule has 3 spiro atoms. The van der Waals surface area contributed by atoms with Crippen molar-refractivity contribution in [3.63, 3.8) is 0 Å². The molecule has 4 aliphatic heterocycles. The van der Waals surface area contributed by atoms with Crippen LogP contribution >= 0.6 is 23.4 Å². The molecule has 2 aromatic carbocycles. The molecule has 15 heteroatoms. The Hall–Kier alpha value is -2.70. The van der Waals surface area contributed by atoms with E-state index in [1.54, 1.807) is 17.4 Å². The van der Waals surface area contributed by atoms with E-state index < -0.39 is 15.8 Å². The summed E-state index contributed by atoms with van der Waals surface area (Å²) < 4.78 is 48.5. The Kier molecular flexibility index (Phi) is 6.29. The Morgan fingerprint density at radius 1 is 1.29 bits per heavy atom. The predicted molar refractivity (Wildman–Crippen MR) is 154 cm³/mol. The molecule has 0 bridgehead atoms. The van der Waals surface area contributed by atoms with Gasteiger partial charge in [0.2, 0.25) is 11.7 Å². The number of ether oxygens (including phenoxy) is 1. The molecular formula is C27H29N4O8S3+3. The second kappa shape index (κ2) is 9.40. The standard InChI is InChI=1S/C27H27N4O8S3/c1-16(11-24-29(2)19-13-17(41-39-38-33)5-8-22(19)40-24)12-25-30(20-14-18(42(34,35)36)6-7-21(20)37-25)10-4-3-9-27(30)26(32)31(27)15-23(31)28/h5-8,11-14,23H,3-4,9-10,15,28H2,1-2H3/q+1/p+2. The lowest BCUT2D eigenvalue weighted by Gasteiger charge is -2.38. The molecule has 3 saturated heterocycles. The molecule has 4 unspecified atom stereocenters. The van der Waals surface area contributed by atoms with Crippen molar-refractivity contribution in [1.82, 2.24) is 4.48 Å². The Labute approximate surface area is 249 Å². The number of amides is 1.